The molecule has 0 spiro atoms. The standard InChI is InChI=1S/C9H15NO/c11-6-8-3-1-2-7-4-10-5-9(7)8/h1,3,7-11H,2,4-6H2. The van der Waals surface area contributed by atoms with Gasteiger partial charge in [0.1, 0.15) is 0 Å². The van der Waals surface area contributed by atoms with Crippen LogP contribution in [-0.2, 0) is 0 Å². The van der Waals surface area contributed by atoms with E-state index in [1.54, 1.807) is 0 Å². The van der Waals surface area contributed by atoms with Crippen molar-refractivity contribution in [2.45, 2.75) is 6.42 Å². The molecular formula is C9H15NO. The summed E-state index contributed by atoms with van der Waals surface area (Å²) < 4.78 is 0. The first-order chi connectivity index (χ1) is 5.42. The lowest BCUT2D eigenvalue weighted by molar-refractivity contribution is 0.184. The number of hydrogen-bond donors (Lipinski definition) is 2. The van der Waals surface area contributed by atoms with Crippen LogP contribution < -0.4 is 5.32 Å². The molecule has 1 saturated heterocycles. The number of hydrogen-bond acceptors (Lipinski definition) is 2. The lowest BCUT2D eigenvalue weighted by Crippen LogP contribution is -2.26. The van der Waals surface area contributed by atoms with Crippen molar-refractivity contribution in [1.29, 1.82) is 0 Å². The van der Waals surface area contributed by atoms with Crippen molar-refractivity contribution in [1.82, 2.24) is 5.32 Å². The Balaban J connectivity index is 2.09. The number of aliphatic hydroxyl groups excluding tert-OH is 1. The van der Waals surface area contributed by atoms with E-state index < -0.39 is 0 Å². The van der Waals surface area contributed by atoms with Gasteiger partial charge in [-0.15, -0.1) is 0 Å². The molecule has 3 atom stereocenters. The first-order valence-electron chi connectivity index (χ1n) is 4.40. The van der Waals surface area contributed by atoms with Crippen molar-refractivity contribution >= 4 is 0 Å². The van der Waals surface area contributed by atoms with Crippen molar-refractivity contribution in [3.8, 4) is 0 Å². The molecule has 0 radical (unpaired) electrons. The van der Waals surface area contributed by atoms with E-state index in [1.165, 1.54) is 6.42 Å². The van der Waals surface area contributed by atoms with Gasteiger partial charge in [-0.1, -0.05) is 12.2 Å². The molecule has 2 nitrogen and oxygen atoms in total. The zero-order valence-corrected chi connectivity index (χ0v) is 6.66. The summed E-state index contributed by atoms with van der Waals surface area (Å²) in [5.74, 6) is 1.91. The molecule has 1 aliphatic carbocycles. The minimum absolute atomic E-state index is 0.319. The number of allylic oxidation sites excluding steroid dienone is 1. The molecule has 3 unspecified atom stereocenters. The SMILES string of the molecule is OCC1C=CCC2CNCC12. The van der Waals surface area contributed by atoms with Gasteiger partial charge in [0.05, 0.1) is 0 Å². The second kappa shape index (κ2) is 2.95. The summed E-state index contributed by atoms with van der Waals surface area (Å²) in [6.07, 6.45) is 5.59. The number of rotatable bonds is 1. The maximum Gasteiger partial charge on any atom is 0.0497 e. The summed E-state index contributed by atoms with van der Waals surface area (Å²) >= 11 is 0. The average molecular weight is 153 g/mol. The van der Waals surface area contributed by atoms with Crippen LogP contribution in [-0.4, -0.2) is 24.8 Å². The summed E-state index contributed by atoms with van der Waals surface area (Å²) in [6, 6.07) is 0. The van der Waals surface area contributed by atoms with Gasteiger partial charge in [-0.2, -0.15) is 0 Å². The molecule has 1 fully saturated rings. The first kappa shape index (κ1) is 7.32. The molecule has 1 heterocycles. The Morgan fingerprint density at radius 2 is 2.36 bits per heavy atom. The van der Waals surface area contributed by atoms with Crippen LogP contribution in [0.4, 0.5) is 0 Å². The van der Waals surface area contributed by atoms with Gasteiger partial charge in [-0.3, -0.25) is 0 Å². The highest BCUT2D eigenvalue weighted by Crippen LogP contribution is 2.32. The summed E-state index contributed by atoms with van der Waals surface area (Å²) in [5, 5.41) is 12.4. The monoisotopic (exact) mass is 153 g/mol. The maximum absolute atomic E-state index is 9.06. The van der Waals surface area contributed by atoms with Crippen LogP contribution in [0.3, 0.4) is 0 Å². The van der Waals surface area contributed by atoms with Crippen molar-refractivity contribution in [3.63, 3.8) is 0 Å². The third-order valence-electron chi connectivity index (χ3n) is 2.97. The molecule has 1 aliphatic heterocycles. The zero-order chi connectivity index (χ0) is 7.68. The van der Waals surface area contributed by atoms with Gasteiger partial charge in [0.25, 0.3) is 0 Å². The average Bonchev–Trinajstić information content (AvgIpc) is 2.50. The van der Waals surface area contributed by atoms with Crippen LogP contribution in [0.15, 0.2) is 12.2 Å². The maximum atomic E-state index is 9.06. The fourth-order valence-electron chi connectivity index (χ4n) is 2.28. The van der Waals surface area contributed by atoms with Gasteiger partial charge in [0.15, 0.2) is 0 Å². The van der Waals surface area contributed by atoms with E-state index in [9.17, 15) is 0 Å². The van der Waals surface area contributed by atoms with E-state index in [2.05, 4.69) is 17.5 Å². The first-order valence-corrected chi connectivity index (χ1v) is 4.40. The van der Waals surface area contributed by atoms with Crippen molar-refractivity contribution in [2.24, 2.45) is 17.8 Å². The quantitative estimate of drug-likeness (QED) is 0.534. The number of aliphatic hydroxyl groups is 1. The van der Waals surface area contributed by atoms with Crippen LogP contribution in [0.25, 0.3) is 0 Å². The van der Waals surface area contributed by atoms with Gasteiger partial charge in [-0.25, -0.2) is 0 Å². The minimum Gasteiger partial charge on any atom is -0.396 e. The molecule has 0 aromatic rings. The summed E-state index contributed by atoms with van der Waals surface area (Å²) in [4.78, 5) is 0. The summed E-state index contributed by atoms with van der Waals surface area (Å²) in [7, 11) is 0. The van der Waals surface area contributed by atoms with E-state index in [0.717, 1.165) is 19.0 Å². The Morgan fingerprint density at radius 3 is 3.18 bits per heavy atom. The topological polar surface area (TPSA) is 32.3 Å². The Kier molecular flexibility index (Phi) is 1.96. The molecular weight excluding hydrogens is 138 g/mol. The van der Waals surface area contributed by atoms with Crippen LogP contribution in [0.2, 0.25) is 0 Å². The van der Waals surface area contributed by atoms with E-state index in [1.807, 2.05) is 0 Å². The summed E-state index contributed by atoms with van der Waals surface area (Å²) in [6.45, 7) is 2.56. The second-order valence-electron chi connectivity index (χ2n) is 3.59. The van der Waals surface area contributed by atoms with Crippen LogP contribution in [0, 0.1) is 17.8 Å². The lowest BCUT2D eigenvalue weighted by Gasteiger charge is -2.27. The molecule has 11 heavy (non-hydrogen) atoms. The fraction of sp³-hybridized carbons (Fsp3) is 0.778. The van der Waals surface area contributed by atoms with E-state index in [-0.39, 0.29) is 0 Å². The van der Waals surface area contributed by atoms with Crippen molar-refractivity contribution in [3.05, 3.63) is 12.2 Å². The minimum atomic E-state index is 0.319. The highest BCUT2D eigenvalue weighted by atomic mass is 16.3. The molecule has 2 N–H and O–H groups in total. The highest BCUT2D eigenvalue weighted by Gasteiger charge is 2.33. The predicted octanol–water partition coefficient (Wildman–Crippen LogP) is 0.390. The van der Waals surface area contributed by atoms with Gasteiger partial charge in [0.2, 0.25) is 0 Å². The molecule has 0 bridgehead atoms. The highest BCUT2D eigenvalue weighted by molar-refractivity contribution is 5.03. The Bertz CT molecular complexity index is 167. The van der Waals surface area contributed by atoms with E-state index in [4.69, 9.17) is 5.11 Å². The lowest BCUT2D eigenvalue weighted by atomic mass is 9.78. The zero-order valence-electron chi connectivity index (χ0n) is 6.66. The molecule has 2 aliphatic rings. The van der Waals surface area contributed by atoms with Gasteiger partial charge in [0, 0.05) is 12.5 Å². The van der Waals surface area contributed by atoms with Gasteiger partial charge < -0.3 is 10.4 Å². The van der Waals surface area contributed by atoms with Gasteiger partial charge >= 0.3 is 0 Å². The Labute approximate surface area is 67.3 Å². The Hall–Kier alpha value is -0.340. The number of fused-ring (bicyclic) bond motifs is 1. The van der Waals surface area contributed by atoms with E-state index >= 15 is 0 Å². The largest absolute Gasteiger partial charge is 0.396 e. The molecule has 62 valence electrons. The number of nitrogens with one attached hydrogen (secondary N) is 1. The van der Waals surface area contributed by atoms with Crippen molar-refractivity contribution in [2.75, 3.05) is 19.7 Å². The molecule has 0 amide bonds. The molecule has 2 heteroatoms. The molecule has 0 aromatic heterocycles. The van der Waals surface area contributed by atoms with Crippen molar-refractivity contribution < 1.29 is 5.11 Å². The molecule has 0 aromatic carbocycles. The third kappa shape index (κ3) is 1.21. The van der Waals surface area contributed by atoms with Crippen LogP contribution in [0.1, 0.15) is 6.42 Å². The normalized spacial score (nSPS) is 42.5. The fourth-order valence-corrected chi connectivity index (χ4v) is 2.28. The third-order valence-corrected chi connectivity index (χ3v) is 2.97. The smallest absolute Gasteiger partial charge is 0.0497 e. The van der Waals surface area contributed by atoms with Gasteiger partial charge in [-0.05, 0) is 31.3 Å². The summed E-state index contributed by atoms with van der Waals surface area (Å²) in [5.41, 5.74) is 0. The second-order valence-corrected chi connectivity index (χ2v) is 3.59. The molecule has 2 rings (SSSR count). The molecule has 0 saturated carbocycles. The predicted molar refractivity (Wildman–Crippen MR) is 44.2 cm³/mol. The van der Waals surface area contributed by atoms with Crippen LogP contribution >= 0.6 is 0 Å². The van der Waals surface area contributed by atoms with Crippen LogP contribution in [0.5, 0.6) is 0 Å². The Morgan fingerprint density at radius 1 is 1.45 bits per heavy atom. The van der Waals surface area contributed by atoms with E-state index in [0.29, 0.717) is 18.4 Å².